The quantitative estimate of drug-likeness (QED) is 0.840. The van der Waals surface area contributed by atoms with Gasteiger partial charge in [0.2, 0.25) is 0 Å². The van der Waals surface area contributed by atoms with Crippen LogP contribution in [0.15, 0.2) is 22.7 Å². The fourth-order valence-electron chi connectivity index (χ4n) is 1.96. The van der Waals surface area contributed by atoms with E-state index in [1.165, 1.54) is 12.1 Å². The van der Waals surface area contributed by atoms with E-state index in [0.717, 1.165) is 29.7 Å². The molecular weight excluding hydrogens is 290 g/mol. The highest BCUT2D eigenvalue weighted by Crippen LogP contribution is 2.27. The first-order valence-corrected chi connectivity index (χ1v) is 7.26. The van der Waals surface area contributed by atoms with E-state index in [-0.39, 0.29) is 0 Å². The number of hydrogen-bond donors (Lipinski definition) is 1. The monoisotopic (exact) mass is 313 g/mol. The largest absolute Gasteiger partial charge is 0.371 e. The highest BCUT2D eigenvalue weighted by Gasteiger charge is 2.08. The maximum Gasteiger partial charge on any atom is 0.0510 e. The van der Waals surface area contributed by atoms with Crippen molar-refractivity contribution >= 4 is 21.6 Å². The summed E-state index contributed by atoms with van der Waals surface area (Å²) in [5, 5.41) is 0. The second-order valence-electron chi connectivity index (χ2n) is 4.73. The van der Waals surface area contributed by atoms with E-state index in [9.17, 15) is 0 Å². The van der Waals surface area contributed by atoms with Gasteiger partial charge in [-0.2, -0.15) is 0 Å². The van der Waals surface area contributed by atoms with Gasteiger partial charge in [-0.15, -0.1) is 0 Å². The summed E-state index contributed by atoms with van der Waals surface area (Å²) in [4.78, 5) is 4.62. The van der Waals surface area contributed by atoms with Crippen LogP contribution >= 0.6 is 15.9 Å². The zero-order chi connectivity index (χ0) is 13.5. The highest BCUT2D eigenvalue weighted by atomic mass is 79.9. The van der Waals surface area contributed by atoms with Crippen LogP contribution in [-0.4, -0.2) is 38.6 Å². The zero-order valence-corrected chi connectivity index (χ0v) is 13.2. The van der Waals surface area contributed by atoms with Crippen LogP contribution in [-0.2, 0) is 6.54 Å². The van der Waals surface area contributed by atoms with Crippen molar-refractivity contribution in [2.75, 3.05) is 38.6 Å². The van der Waals surface area contributed by atoms with Crippen LogP contribution in [0.5, 0.6) is 0 Å². The molecule has 1 aromatic rings. The molecule has 0 aliphatic rings. The molecule has 0 aliphatic heterocycles. The average molecular weight is 314 g/mol. The summed E-state index contributed by atoms with van der Waals surface area (Å²) in [5.74, 6) is 0. The summed E-state index contributed by atoms with van der Waals surface area (Å²) in [5.41, 5.74) is 8.07. The van der Waals surface area contributed by atoms with E-state index >= 15 is 0 Å². The Morgan fingerprint density at radius 2 is 1.94 bits per heavy atom. The molecule has 1 aromatic carbocycles. The minimum absolute atomic E-state index is 0.589. The molecule has 0 amide bonds. The van der Waals surface area contributed by atoms with Crippen molar-refractivity contribution < 1.29 is 0 Å². The second-order valence-corrected chi connectivity index (χ2v) is 5.58. The molecule has 0 bridgehead atoms. The Labute approximate surface area is 119 Å². The predicted octanol–water partition coefficient (Wildman–Crippen LogP) is 2.69. The third-order valence-corrected chi connectivity index (χ3v) is 3.64. The van der Waals surface area contributed by atoms with Gasteiger partial charge in [0.25, 0.3) is 0 Å². The summed E-state index contributed by atoms with van der Waals surface area (Å²) in [6.07, 6.45) is 1.17. The van der Waals surface area contributed by atoms with Crippen LogP contribution in [0.4, 0.5) is 5.69 Å². The predicted molar refractivity (Wildman–Crippen MR) is 83.1 cm³/mol. The minimum atomic E-state index is 0.589. The molecule has 18 heavy (non-hydrogen) atoms. The smallest absolute Gasteiger partial charge is 0.0510 e. The number of anilines is 1. The molecule has 0 saturated carbocycles. The maximum atomic E-state index is 5.65. The molecule has 0 atom stereocenters. The van der Waals surface area contributed by atoms with E-state index in [4.69, 9.17) is 5.73 Å². The van der Waals surface area contributed by atoms with Gasteiger partial charge in [0.05, 0.1) is 5.69 Å². The van der Waals surface area contributed by atoms with Crippen molar-refractivity contribution in [1.29, 1.82) is 0 Å². The lowest BCUT2D eigenvalue weighted by Crippen LogP contribution is -2.27. The second kappa shape index (κ2) is 7.77. The maximum absolute atomic E-state index is 5.65. The van der Waals surface area contributed by atoms with Crippen molar-refractivity contribution in [1.82, 2.24) is 4.90 Å². The van der Waals surface area contributed by atoms with E-state index < -0.39 is 0 Å². The number of nitrogens with zero attached hydrogens (tertiary/aromatic N) is 2. The van der Waals surface area contributed by atoms with Crippen LogP contribution in [0.2, 0.25) is 0 Å². The average Bonchev–Trinajstić information content (AvgIpc) is 2.35. The normalized spacial score (nSPS) is 11.0. The molecule has 102 valence electrons. The Balaban J connectivity index is 2.69. The molecular formula is C14H24BrN3. The van der Waals surface area contributed by atoms with Gasteiger partial charge in [0.15, 0.2) is 0 Å². The lowest BCUT2D eigenvalue weighted by Gasteiger charge is -2.25. The van der Waals surface area contributed by atoms with E-state index in [1.54, 1.807) is 0 Å². The molecule has 1 rings (SSSR count). The fraction of sp³-hybridized carbons (Fsp3) is 0.571. The molecule has 0 radical (unpaired) electrons. The molecule has 0 spiro atoms. The van der Waals surface area contributed by atoms with E-state index in [0.29, 0.717) is 6.54 Å². The molecule has 2 N–H and O–H groups in total. The summed E-state index contributed by atoms with van der Waals surface area (Å²) in [6.45, 7) is 6.00. The Hall–Kier alpha value is -0.580. The summed E-state index contributed by atoms with van der Waals surface area (Å²) < 4.78 is 1.14. The van der Waals surface area contributed by atoms with Gasteiger partial charge >= 0.3 is 0 Å². The number of benzene rings is 1. The molecule has 0 aliphatic carbocycles. The van der Waals surface area contributed by atoms with Gasteiger partial charge in [-0.1, -0.05) is 6.07 Å². The van der Waals surface area contributed by atoms with Crippen molar-refractivity contribution in [2.24, 2.45) is 5.73 Å². The highest BCUT2D eigenvalue weighted by molar-refractivity contribution is 9.10. The first-order valence-electron chi connectivity index (χ1n) is 6.46. The van der Waals surface area contributed by atoms with Crippen molar-refractivity contribution in [3.8, 4) is 0 Å². The van der Waals surface area contributed by atoms with E-state index in [2.05, 4.69) is 64.9 Å². The standard InChI is InChI=1S/C14H24BrN3/c1-4-18(9-5-8-17(2)3)14-7-6-12(11-16)10-13(14)15/h6-7,10H,4-5,8-9,11,16H2,1-3H3. The molecule has 0 saturated heterocycles. The molecule has 3 nitrogen and oxygen atoms in total. The van der Waals surface area contributed by atoms with Crippen LogP contribution in [0.1, 0.15) is 18.9 Å². The van der Waals surface area contributed by atoms with Gasteiger partial charge in [-0.25, -0.2) is 0 Å². The third kappa shape index (κ3) is 4.59. The molecule has 0 fully saturated rings. The number of hydrogen-bond acceptors (Lipinski definition) is 3. The molecule has 4 heteroatoms. The number of rotatable bonds is 7. The Kier molecular flexibility index (Phi) is 6.68. The third-order valence-electron chi connectivity index (χ3n) is 3.00. The first kappa shape index (κ1) is 15.5. The summed E-state index contributed by atoms with van der Waals surface area (Å²) in [7, 11) is 4.23. The van der Waals surface area contributed by atoms with Crippen LogP contribution in [0.3, 0.4) is 0 Å². The molecule has 0 unspecified atom stereocenters. The summed E-state index contributed by atoms with van der Waals surface area (Å²) >= 11 is 3.64. The number of nitrogens with two attached hydrogens (primary N) is 1. The van der Waals surface area contributed by atoms with Crippen molar-refractivity contribution in [3.63, 3.8) is 0 Å². The molecule has 0 heterocycles. The SMILES string of the molecule is CCN(CCCN(C)C)c1ccc(CN)cc1Br. The van der Waals surface area contributed by atoms with Gasteiger partial charge in [-0.3, -0.25) is 0 Å². The Bertz CT molecular complexity index is 366. The first-order chi connectivity index (χ1) is 8.58. The lowest BCUT2D eigenvalue weighted by atomic mass is 10.2. The van der Waals surface area contributed by atoms with E-state index in [1.807, 2.05) is 0 Å². The van der Waals surface area contributed by atoms with Crippen LogP contribution in [0.25, 0.3) is 0 Å². The fourth-order valence-corrected chi connectivity index (χ4v) is 2.64. The zero-order valence-electron chi connectivity index (χ0n) is 11.6. The minimum Gasteiger partial charge on any atom is -0.371 e. The topological polar surface area (TPSA) is 32.5 Å². The molecule has 0 aromatic heterocycles. The van der Waals surface area contributed by atoms with Crippen LogP contribution in [0, 0.1) is 0 Å². The van der Waals surface area contributed by atoms with Gasteiger partial charge < -0.3 is 15.5 Å². The summed E-state index contributed by atoms with van der Waals surface area (Å²) in [6, 6.07) is 6.38. The van der Waals surface area contributed by atoms with Crippen molar-refractivity contribution in [2.45, 2.75) is 19.9 Å². The Morgan fingerprint density at radius 3 is 2.44 bits per heavy atom. The van der Waals surface area contributed by atoms with Crippen LogP contribution < -0.4 is 10.6 Å². The van der Waals surface area contributed by atoms with Gasteiger partial charge in [0.1, 0.15) is 0 Å². The van der Waals surface area contributed by atoms with Crippen molar-refractivity contribution in [3.05, 3.63) is 28.2 Å². The number of halogens is 1. The Morgan fingerprint density at radius 1 is 1.22 bits per heavy atom. The van der Waals surface area contributed by atoms with Gasteiger partial charge in [-0.05, 0) is 67.6 Å². The lowest BCUT2D eigenvalue weighted by molar-refractivity contribution is 0.400. The van der Waals surface area contributed by atoms with Gasteiger partial charge in [0, 0.05) is 24.1 Å².